The number of H-pyrrole nitrogens is 1. The van der Waals surface area contributed by atoms with Gasteiger partial charge in [0, 0.05) is 31.0 Å². The van der Waals surface area contributed by atoms with Gasteiger partial charge in [-0.1, -0.05) is 0 Å². The third kappa shape index (κ3) is 2.97. The van der Waals surface area contributed by atoms with Gasteiger partial charge in [0.1, 0.15) is 10.6 Å². The van der Waals surface area contributed by atoms with E-state index in [9.17, 15) is 13.2 Å². The van der Waals surface area contributed by atoms with Gasteiger partial charge in [0.15, 0.2) is 0 Å². The summed E-state index contributed by atoms with van der Waals surface area (Å²) in [5.74, 6) is -1.16. The van der Waals surface area contributed by atoms with Gasteiger partial charge in [-0.05, 0) is 26.7 Å². The first-order valence-corrected chi connectivity index (χ1v) is 8.18. The van der Waals surface area contributed by atoms with Gasteiger partial charge in [0.05, 0.1) is 6.61 Å². The van der Waals surface area contributed by atoms with Gasteiger partial charge >= 0.3 is 5.97 Å². The third-order valence-corrected chi connectivity index (χ3v) is 5.85. The molecule has 1 saturated carbocycles. The minimum Gasteiger partial charge on any atom is -0.477 e. The Kier molecular flexibility index (Phi) is 4.40. The van der Waals surface area contributed by atoms with Crippen LogP contribution in [0.2, 0.25) is 0 Å². The number of aromatic amines is 1. The van der Waals surface area contributed by atoms with Crippen molar-refractivity contribution in [3.63, 3.8) is 0 Å². The monoisotopic (exact) mass is 316 g/mol. The van der Waals surface area contributed by atoms with Gasteiger partial charge in [0.2, 0.25) is 10.0 Å². The largest absolute Gasteiger partial charge is 0.477 e. The molecule has 1 aliphatic carbocycles. The molecule has 0 amide bonds. The molecule has 0 unspecified atom stereocenters. The zero-order valence-corrected chi connectivity index (χ0v) is 13.2. The summed E-state index contributed by atoms with van der Waals surface area (Å²) in [6, 6.07) is -0.00729. The van der Waals surface area contributed by atoms with E-state index < -0.39 is 16.0 Å². The molecule has 21 heavy (non-hydrogen) atoms. The second-order valence-corrected chi connectivity index (χ2v) is 7.05. The van der Waals surface area contributed by atoms with E-state index in [0.717, 1.165) is 12.8 Å². The van der Waals surface area contributed by atoms with E-state index in [4.69, 9.17) is 9.84 Å². The molecule has 7 nitrogen and oxygen atoms in total. The van der Waals surface area contributed by atoms with E-state index in [2.05, 4.69) is 4.98 Å². The second-order valence-electron chi connectivity index (χ2n) is 5.22. The average molecular weight is 316 g/mol. The summed E-state index contributed by atoms with van der Waals surface area (Å²) >= 11 is 0. The Morgan fingerprint density at radius 2 is 2.05 bits per heavy atom. The van der Waals surface area contributed by atoms with Crippen LogP contribution in [0.5, 0.6) is 0 Å². The summed E-state index contributed by atoms with van der Waals surface area (Å²) < 4.78 is 32.1. The molecule has 2 rings (SSSR count). The summed E-state index contributed by atoms with van der Waals surface area (Å²) in [5.41, 5.74) is 0.532. The Morgan fingerprint density at radius 3 is 2.48 bits per heavy atom. The number of sulfonamides is 1. The Balaban J connectivity index is 2.45. The summed E-state index contributed by atoms with van der Waals surface area (Å²) in [6.07, 6.45) is 1.66. The van der Waals surface area contributed by atoms with Gasteiger partial charge < -0.3 is 14.8 Å². The summed E-state index contributed by atoms with van der Waals surface area (Å²) in [4.78, 5) is 13.9. The summed E-state index contributed by atoms with van der Waals surface area (Å²) in [5, 5.41) is 9.11. The Morgan fingerprint density at radius 1 is 1.43 bits per heavy atom. The fourth-order valence-corrected chi connectivity index (χ4v) is 4.57. The quantitative estimate of drug-likeness (QED) is 0.785. The molecule has 2 N–H and O–H groups in total. The number of carboxylic acid groups (broad SMARTS) is 1. The van der Waals surface area contributed by atoms with Crippen LogP contribution in [0, 0.1) is 13.8 Å². The van der Waals surface area contributed by atoms with E-state index >= 15 is 0 Å². The number of aryl methyl sites for hydroxylation is 1. The molecule has 1 fully saturated rings. The Hall–Kier alpha value is -1.38. The highest BCUT2D eigenvalue weighted by molar-refractivity contribution is 7.89. The van der Waals surface area contributed by atoms with Crippen molar-refractivity contribution < 1.29 is 23.1 Å². The molecule has 1 aromatic rings. The molecule has 0 aromatic carbocycles. The number of nitrogens with one attached hydrogen (secondary N) is 1. The topological polar surface area (TPSA) is 99.7 Å². The highest BCUT2D eigenvalue weighted by Crippen LogP contribution is 2.34. The number of ether oxygens (including phenoxy) is 1. The van der Waals surface area contributed by atoms with Gasteiger partial charge in [-0.15, -0.1) is 0 Å². The van der Waals surface area contributed by atoms with E-state index in [1.54, 1.807) is 6.92 Å². The van der Waals surface area contributed by atoms with Crippen molar-refractivity contribution in [3.8, 4) is 0 Å². The molecule has 118 valence electrons. The normalized spacial score (nSPS) is 15.6. The number of hydrogen-bond acceptors (Lipinski definition) is 4. The molecule has 0 bridgehead atoms. The van der Waals surface area contributed by atoms with Crippen LogP contribution in [0.4, 0.5) is 0 Å². The van der Waals surface area contributed by atoms with Crippen molar-refractivity contribution in [1.82, 2.24) is 9.29 Å². The number of rotatable bonds is 7. The Labute approximate surface area is 124 Å². The minimum absolute atomic E-state index is 0.00729. The molecule has 1 aromatic heterocycles. The minimum atomic E-state index is -3.73. The van der Waals surface area contributed by atoms with Crippen LogP contribution in [-0.4, -0.2) is 55.1 Å². The number of nitrogens with zero attached hydrogens (tertiary/aromatic N) is 1. The standard InChI is InChI=1S/C13H20N2O5S/c1-8-11(13(16)17)14-9(2)12(8)21(18,19)15(6-7-20-3)10-4-5-10/h10,14H,4-7H2,1-3H3,(H,16,17). The highest BCUT2D eigenvalue weighted by Gasteiger charge is 2.40. The SMILES string of the molecule is COCCN(C1CC1)S(=O)(=O)c1c(C)[nH]c(C(=O)O)c1C. The molecule has 0 aliphatic heterocycles. The molecule has 0 saturated heterocycles. The van der Waals surface area contributed by atoms with Crippen LogP contribution in [0.15, 0.2) is 4.90 Å². The van der Waals surface area contributed by atoms with Crippen LogP contribution in [-0.2, 0) is 14.8 Å². The maximum atomic E-state index is 12.9. The van der Waals surface area contributed by atoms with Crippen LogP contribution in [0.1, 0.15) is 34.6 Å². The molecule has 0 atom stereocenters. The maximum absolute atomic E-state index is 12.9. The molecule has 1 aliphatic rings. The zero-order chi connectivity index (χ0) is 15.8. The fourth-order valence-electron chi connectivity index (χ4n) is 2.49. The number of aromatic carboxylic acids is 1. The number of aromatic nitrogens is 1. The maximum Gasteiger partial charge on any atom is 0.352 e. The lowest BCUT2D eigenvalue weighted by Gasteiger charge is -2.22. The van der Waals surface area contributed by atoms with Crippen molar-refractivity contribution in [3.05, 3.63) is 17.0 Å². The molecular weight excluding hydrogens is 296 g/mol. The number of carbonyl (C=O) groups is 1. The van der Waals surface area contributed by atoms with Crippen molar-refractivity contribution in [2.75, 3.05) is 20.3 Å². The second kappa shape index (κ2) is 5.78. The van der Waals surface area contributed by atoms with E-state index in [1.807, 2.05) is 0 Å². The number of methoxy groups -OCH3 is 1. The lowest BCUT2D eigenvalue weighted by molar-refractivity contribution is 0.0690. The van der Waals surface area contributed by atoms with E-state index in [1.165, 1.54) is 18.3 Å². The van der Waals surface area contributed by atoms with Crippen molar-refractivity contribution in [2.24, 2.45) is 0 Å². The van der Waals surface area contributed by atoms with Crippen molar-refractivity contribution >= 4 is 16.0 Å². The predicted molar refractivity (Wildman–Crippen MR) is 76.0 cm³/mol. The highest BCUT2D eigenvalue weighted by atomic mass is 32.2. The lowest BCUT2D eigenvalue weighted by atomic mass is 10.2. The molecular formula is C13H20N2O5S. The van der Waals surface area contributed by atoms with E-state index in [-0.39, 0.29) is 28.7 Å². The van der Waals surface area contributed by atoms with Crippen molar-refractivity contribution in [2.45, 2.75) is 37.6 Å². The molecule has 1 heterocycles. The van der Waals surface area contributed by atoms with Gasteiger partial charge in [-0.25, -0.2) is 13.2 Å². The summed E-state index contributed by atoms with van der Waals surface area (Å²) in [6.45, 7) is 3.68. The van der Waals surface area contributed by atoms with Crippen LogP contribution >= 0.6 is 0 Å². The average Bonchev–Trinajstić information content (AvgIpc) is 3.15. The number of carboxylic acids is 1. The summed E-state index contributed by atoms with van der Waals surface area (Å²) in [7, 11) is -2.20. The zero-order valence-electron chi connectivity index (χ0n) is 12.3. The predicted octanol–water partition coefficient (Wildman–Crippen LogP) is 1.13. The lowest BCUT2D eigenvalue weighted by Crippen LogP contribution is -2.36. The van der Waals surface area contributed by atoms with Crippen molar-refractivity contribution in [1.29, 1.82) is 0 Å². The van der Waals surface area contributed by atoms with Gasteiger partial charge in [-0.2, -0.15) is 4.31 Å². The van der Waals surface area contributed by atoms with Crippen LogP contribution in [0.3, 0.4) is 0 Å². The number of hydrogen-bond donors (Lipinski definition) is 2. The smallest absolute Gasteiger partial charge is 0.352 e. The molecule has 0 spiro atoms. The third-order valence-electron chi connectivity index (χ3n) is 3.62. The first-order chi connectivity index (χ1) is 9.80. The molecule has 8 heteroatoms. The first-order valence-electron chi connectivity index (χ1n) is 6.74. The fraction of sp³-hybridized carbons (Fsp3) is 0.615. The van der Waals surface area contributed by atoms with Crippen LogP contribution in [0.25, 0.3) is 0 Å². The van der Waals surface area contributed by atoms with Crippen LogP contribution < -0.4 is 0 Å². The Bertz CT molecular complexity index is 646. The van der Waals surface area contributed by atoms with Gasteiger partial charge in [-0.3, -0.25) is 0 Å². The van der Waals surface area contributed by atoms with Gasteiger partial charge in [0.25, 0.3) is 0 Å². The first kappa shape index (κ1) is 16.0. The molecule has 0 radical (unpaired) electrons. The van der Waals surface area contributed by atoms with E-state index in [0.29, 0.717) is 12.3 Å².